The van der Waals surface area contributed by atoms with Crippen molar-refractivity contribution in [3.8, 4) is 0 Å². The van der Waals surface area contributed by atoms with E-state index >= 15 is 0 Å². The Morgan fingerprint density at radius 1 is 1.58 bits per heavy atom. The molecule has 2 saturated carbocycles. The van der Waals surface area contributed by atoms with Gasteiger partial charge in [0.2, 0.25) is 0 Å². The van der Waals surface area contributed by atoms with Gasteiger partial charge in [-0.1, -0.05) is 13.8 Å². The number of fused-ring (bicyclic) bond motifs is 1. The Morgan fingerprint density at radius 3 is 2.67 bits per heavy atom. The van der Waals surface area contributed by atoms with Crippen LogP contribution < -0.4 is 0 Å². The molecule has 4 atom stereocenters. The SMILES string of the molecule is CC(C)C1C2CC(O)CC21CS. The van der Waals surface area contributed by atoms with Crippen molar-refractivity contribution in [2.45, 2.75) is 32.8 Å². The molecule has 2 aliphatic carbocycles. The van der Waals surface area contributed by atoms with Crippen LogP contribution in [0.4, 0.5) is 0 Å². The lowest BCUT2D eigenvalue weighted by molar-refractivity contribution is 0.145. The van der Waals surface area contributed by atoms with Crippen molar-refractivity contribution in [3.05, 3.63) is 0 Å². The molecule has 2 rings (SSSR count). The van der Waals surface area contributed by atoms with Gasteiger partial charge in [-0.15, -0.1) is 0 Å². The molecular weight excluding hydrogens is 168 g/mol. The average Bonchev–Trinajstić information content (AvgIpc) is 2.47. The van der Waals surface area contributed by atoms with Crippen LogP contribution in [0, 0.1) is 23.2 Å². The fourth-order valence-electron chi connectivity index (χ4n) is 3.51. The zero-order valence-corrected chi connectivity index (χ0v) is 8.72. The van der Waals surface area contributed by atoms with E-state index < -0.39 is 0 Å². The van der Waals surface area contributed by atoms with Crippen molar-refractivity contribution < 1.29 is 5.11 Å². The van der Waals surface area contributed by atoms with Crippen LogP contribution >= 0.6 is 12.6 Å². The lowest BCUT2D eigenvalue weighted by Gasteiger charge is -2.17. The first-order valence-electron chi connectivity index (χ1n) is 4.90. The highest BCUT2D eigenvalue weighted by Crippen LogP contribution is 2.71. The van der Waals surface area contributed by atoms with E-state index in [4.69, 9.17) is 0 Å². The van der Waals surface area contributed by atoms with Crippen LogP contribution in [0.2, 0.25) is 0 Å². The molecule has 0 aromatic carbocycles. The highest BCUT2D eigenvalue weighted by molar-refractivity contribution is 7.80. The maximum absolute atomic E-state index is 9.49. The maximum atomic E-state index is 9.49. The lowest BCUT2D eigenvalue weighted by Crippen LogP contribution is -2.15. The third-order valence-electron chi connectivity index (χ3n) is 3.88. The van der Waals surface area contributed by atoms with Gasteiger partial charge in [0.1, 0.15) is 0 Å². The van der Waals surface area contributed by atoms with E-state index in [1.54, 1.807) is 0 Å². The molecule has 4 unspecified atom stereocenters. The summed E-state index contributed by atoms with van der Waals surface area (Å²) in [7, 11) is 0. The number of aliphatic hydroxyl groups excluding tert-OH is 1. The molecule has 0 heterocycles. The minimum Gasteiger partial charge on any atom is -0.393 e. The van der Waals surface area contributed by atoms with Gasteiger partial charge in [-0.2, -0.15) is 12.6 Å². The fraction of sp³-hybridized carbons (Fsp3) is 1.00. The largest absolute Gasteiger partial charge is 0.393 e. The molecule has 0 spiro atoms. The van der Waals surface area contributed by atoms with Crippen LogP contribution in [-0.4, -0.2) is 17.0 Å². The first-order chi connectivity index (χ1) is 5.62. The van der Waals surface area contributed by atoms with Crippen molar-refractivity contribution in [2.24, 2.45) is 23.2 Å². The molecule has 0 amide bonds. The predicted molar refractivity (Wildman–Crippen MR) is 53.3 cm³/mol. The molecule has 0 bridgehead atoms. The summed E-state index contributed by atoms with van der Waals surface area (Å²) in [6.07, 6.45) is 2.00. The lowest BCUT2D eigenvalue weighted by atomic mass is 9.93. The molecule has 70 valence electrons. The van der Waals surface area contributed by atoms with Crippen LogP contribution in [0.25, 0.3) is 0 Å². The molecule has 0 aromatic heterocycles. The van der Waals surface area contributed by atoms with Gasteiger partial charge in [0.25, 0.3) is 0 Å². The van der Waals surface area contributed by atoms with E-state index in [1.807, 2.05) is 0 Å². The van der Waals surface area contributed by atoms with E-state index in [0.717, 1.165) is 36.3 Å². The van der Waals surface area contributed by atoms with E-state index in [9.17, 15) is 5.11 Å². The Hall–Kier alpha value is 0.310. The molecular formula is C10H18OS. The first kappa shape index (κ1) is 8.89. The average molecular weight is 186 g/mol. The molecule has 1 nitrogen and oxygen atoms in total. The summed E-state index contributed by atoms with van der Waals surface area (Å²) in [5.41, 5.74) is 0.427. The van der Waals surface area contributed by atoms with E-state index in [-0.39, 0.29) is 6.10 Å². The van der Waals surface area contributed by atoms with Gasteiger partial charge < -0.3 is 5.11 Å². The highest BCUT2D eigenvalue weighted by atomic mass is 32.1. The smallest absolute Gasteiger partial charge is 0.0549 e. The van der Waals surface area contributed by atoms with Gasteiger partial charge in [-0.05, 0) is 41.8 Å². The molecule has 0 aliphatic heterocycles. The van der Waals surface area contributed by atoms with Gasteiger partial charge in [-0.25, -0.2) is 0 Å². The van der Waals surface area contributed by atoms with Crippen LogP contribution in [0.3, 0.4) is 0 Å². The highest BCUT2D eigenvalue weighted by Gasteiger charge is 2.68. The second-order valence-corrected chi connectivity index (χ2v) is 5.18. The maximum Gasteiger partial charge on any atom is 0.0549 e. The summed E-state index contributed by atoms with van der Waals surface area (Å²) < 4.78 is 0. The van der Waals surface area contributed by atoms with Crippen molar-refractivity contribution in [1.82, 2.24) is 0 Å². The molecule has 0 radical (unpaired) electrons. The Labute approximate surface area is 80.0 Å². The minimum atomic E-state index is -0.0304. The Kier molecular flexibility index (Phi) is 1.96. The Balaban J connectivity index is 2.09. The monoisotopic (exact) mass is 186 g/mol. The predicted octanol–water partition coefficient (Wildman–Crippen LogP) is 1.96. The summed E-state index contributed by atoms with van der Waals surface area (Å²) in [4.78, 5) is 0. The van der Waals surface area contributed by atoms with Crippen LogP contribution in [0.15, 0.2) is 0 Å². The normalized spacial score (nSPS) is 51.2. The zero-order chi connectivity index (χ0) is 8.93. The minimum absolute atomic E-state index is 0.0304. The molecule has 2 fully saturated rings. The number of rotatable bonds is 2. The van der Waals surface area contributed by atoms with Crippen molar-refractivity contribution in [1.29, 1.82) is 0 Å². The number of thiol groups is 1. The zero-order valence-electron chi connectivity index (χ0n) is 7.83. The summed E-state index contributed by atoms with van der Waals surface area (Å²) in [5, 5.41) is 9.49. The molecule has 12 heavy (non-hydrogen) atoms. The number of hydrogen-bond acceptors (Lipinski definition) is 2. The second kappa shape index (κ2) is 2.65. The quantitative estimate of drug-likeness (QED) is 0.632. The van der Waals surface area contributed by atoms with E-state index in [0.29, 0.717) is 5.41 Å². The van der Waals surface area contributed by atoms with Gasteiger partial charge in [-0.3, -0.25) is 0 Å². The molecule has 2 heteroatoms. The molecule has 0 aromatic rings. The van der Waals surface area contributed by atoms with Crippen LogP contribution in [0.5, 0.6) is 0 Å². The number of aliphatic hydroxyl groups is 1. The third-order valence-corrected chi connectivity index (χ3v) is 4.47. The molecule has 0 saturated heterocycles. The topological polar surface area (TPSA) is 20.2 Å². The van der Waals surface area contributed by atoms with E-state index in [1.165, 1.54) is 0 Å². The van der Waals surface area contributed by atoms with Gasteiger partial charge >= 0.3 is 0 Å². The second-order valence-electron chi connectivity index (χ2n) is 4.86. The molecule has 1 N–H and O–H groups in total. The summed E-state index contributed by atoms with van der Waals surface area (Å²) in [5.74, 6) is 3.37. The Bertz CT molecular complexity index is 192. The van der Waals surface area contributed by atoms with Crippen LogP contribution in [0.1, 0.15) is 26.7 Å². The fourth-order valence-corrected chi connectivity index (χ4v) is 4.09. The van der Waals surface area contributed by atoms with Crippen molar-refractivity contribution >= 4 is 12.6 Å². The summed E-state index contributed by atoms with van der Waals surface area (Å²) >= 11 is 4.43. The van der Waals surface area contributed by atoms with Gasteiger partial charge in [0.15, 0.2) is 0 Å². The molecule has 2 aliphatic rings. The first-order valence-corrected chi connectivity index (χ1v) is 5.54. The Morgan fingerprint density at radius 2 is 2.25 bits per heavy atom. The number of hydrogen-bond donors (Lipinski definition) is 2. The van der Waals surface area contributed by atoms with Crippen LogP contribution in [-0.2, 0) is 0 Å². The third kappa shape index (κ3) is 0.973. The standard InChI is InChI=1S/C10H18OS/c1-6(2)9-8-3-7(11)4-10(8,9)5-12/h6-9,11-12H,3-5H2,1-2H3. The summed E-state index contributed by atoms with van der Waals surface area (Å²) in [6, 6.07) is 0. The summed E-state index contributed by atoms with van der Waals surface area (Å²) in [6.45, 7) is 4.58. The van der Waals surface area contributed by atoms with E-state index in [2.05, 4.69) is 26.5 Å². The van der Waals surface area contributed by atoms with Crippen molar-refractivity contribution in [2.75, 3.05) is 5.75 Å². The van der Waals surface area contributed by atoms with Gasteiger partial charge in [0.05, 0.1) is 6.10 Å². The van der Waals surface area contributed by atoms with Crippen molar-refractivity contribution in [3.63, 3.8) is 0 Å². The van der Waals surface area contributed by atoms with Gasteiger partial charge in [0, 0.05) is 0 Å².